The second kappa shape index (κ2) is 5.99. The minimum absolute atomic E-state index is 0.186. The van der Waals surface area contributed by atoms with Gasteiger partial charge in [-0.3, -0.25) is 14.9 Å². The van der Waals surface area contributed by atoms with Gasteiger partial charge in [0.25, 0.3) is 5.69 Å². The van der Waals surface area contributed by atoms with Gasteiger partial charge in [0.1, 0.15) is 5.69 Å². The number of nitro groups is 1. The first kappa shape index (κ1) is 13.8. The third-order valence-electron chi connectivity index (χ3n) is 3.07. The molecule has 1 heterocycles. The molecule has 6 nitrogen and oxygen atoms in total. The van der Waals surface area contributed by atoms with Crippen LogP contribution < -0.4 is 10.6 Å². The van der Waals surface area contributed by atoms with Gasteiger partial charge in [-0.25, -0.2) is 0 Å². The fourth-order valence-electron chi connectivity index (χ4n) is 2.11. The third-order valence-corrected chi connectivity index (χ3v) is 3.30. The molecule has 0 aliphatic carbocycles. The highest BCUT2D eigenvalue weighted by atomic mass is 35.5. The van der Waals surface area contributed by atoms with Gasteiger partial charge in [-0.05, 0) is 37.6 Å². The minimum atomic E-state index is -0.557. The van der Waals surface area contributed by atoms with E-state index in [1.165, 1.54) is 18.2 Å². The summed E-state index contributed by atoms with van der Waals surface area (Å²) in [7, 11) is 0. The topological polar surface area (TPSA) is 84.3 Å². The molecule has 1 aliphatic rings. The number of halogens is 1. The third kappa shape index (κ3) is 3.65. The highest BCUT2D eigenvalue weighted by Crippen LogP contribution is 2.28. The number of carbonyl (C=O) groups is 1. The lowest BCUT2D eigenvalue weighted by Gasteiger charge is -2.09. The maximum absolute atomic E-state index is 11.8. The molecule has 1 amide bonds. The number of nitrogens with zero attached hydrogens (tertiary/aromatic N) is 1. The zero-order valence-electron chi connectivity index (χ0n) is 10.2. The van der Waals surface area contributed by atoms with E-state index in [1.807, 2.05) is 0 Å². The molecule has 1 atom stereocenters. The first-order valence-corrected chi connectivity index (χ1v) is 6.38. The van der Waals surface area contributed by atoms with E-state index < -0.39 is 4.92 Å². The summed E-state index contributed by atoms with van der Waals surface area (Å²) in [6.07, 6.45) is 1.32. The van der Waals surface area contributed by atoms with Crippen LogP contribution in [0, 0.1) is 16.0 Å². The van der Waals surface area contributed by atoms with Gasteiger partial charge in [-0.1, -0.05) is 11.6 Å². The van der Waals surface area contributed by atoms with Crippen molar-refractivity contribution in [3.63, 3.8) is 0 Å². The number of amides is 1. The van der Waals surface area contributed by atoms with Gasteiger partial charge in [-0.2, -0.15) is 0 Å². The van der Waals surface area contributed by atoms with Gasteiger partial charge in [0, 0.05) is 17.5 Å². The van der Waals surface area contributed by atoms with Crippen LogP contribution in [0.15, 0.2) is 18.2 Å². The molecule has 2 N–H and O–H groups in total. The molecule has 7 heteroatoms. The van der Waals surface area contributed by atoms with Gasteiger partial charge < -0.3 is 10.6 Å². The lowest BCUT2D eigenvalue weighted by atomic mass is 10.0. The van der Waals surface area contributed by atoms with Gasteiger partial charge in [0.15, 0.2) is 0 Å². The Labute approximate surface area is 115 Å². The van der Waals surface area contributed by atoms with E-state index in [-0.39, 0.29) is 22.3 Å². The number of anilines is 1. The highest BCUT2D eigenvalue weighted by Gasteiger charge is 2.21. The number of hydrogen-bond acceptors (Lipinski definition) is 4. The zero-order chi connectivity index (χ0) is 13.8. The standard InChI is InChI=1S/C12H14ClN3O3/c13-9-1-2-10(11(6-9)16(18)19)15-12(17)5-8-3-4-14-7-8/h1-2,6,8,14H,3-5,7H2,(H,15,17). The summed E-state index contributed by atoms with van der Waals surface area (Å²) in [6.45, 7) is 1.73. The smallest absolute Gasteiger partial charge is 0.294 e. The Morgan fingerprint density at radius 1 is 1.58 bits per heavy atom. The first-order chi connectivity index (χ1) is 9.06. The highest BCUT2D eigenvalue weighted by molar-refractivity contribution is 6.31. The fourth-order valence-corrected chi connectivity index (χ4v) is 2.28. The Kier molecular flexibility index (Phi) is 4.34. The van der Waals surface area contributed by atoms with Crippen molar-refractivity contribution in [2.24, 2.45) is 5.92 Å². The van der Waals surface area contributed by atoms with E-state index in [1.54, 1.807) is 0 Å². The summed E-state index contributed by atoms with van der Waals surface area (Å²) < 4.78 is 0. The summed E-state index contributed by atoms with van der Waals surface area (Å²) in [5, 5.41) is 16.9. The lowest BCUT2D eigenvalue weighted by Crippen LogP contribution is -2.18. The van der Waals surface area contributed by atoms with Crippen molar-refractivity contribution >= 4 is 28.9 Å². The normalized spacial score (nSPS) is 18.3. The quantitative estimate of drug-likeness (QED) is 0.655. The van der Waals surface area contributed by atoms with E-state index >= 15 is 0 Å². The number of carbonyl (C=O) groups excluding carboxylic acids is 1. The number of hydrogen-bond donors (Lipinski definition) is 2. The molecular weight excluding hydrogens is 270 g/mol. The molecule has 0 saturated carbocycles. The molecule has 0 spiro atoms. The van der Waals surface area contributed by atoms with Crippen LogP contribution in [-0.2, 0) is 4.79 Å². The summed E-state index contributed by atoms with van der Waals surface area (Å²) in [5.74, 6) is 0.0884. The summed E-state index contributed by atoms with van der Waals surface area (Å²) in [4.78, 5) is 22.2. The minimum Gasteiger partial charge on any atom is -0.320 e. The van der Waals surface area contributed by atoms with Crippen LogP contribution in [-0.4, -0.2) is 23.9 Å². The van der Waals surface area contributed by atoms with Gasteiger partial charge in [0.05, 0.1) is 4.92 Å². The van der Waals surface area contributed by atoms with Crippen molar-refractivity contribution in [1.29, 1.82) is 0 Å². The molecule has 0 aromatic heterocycles. The second-order valence-corrected chi connectivity index (χ2v) is 4.97. The summed E-state index contributed by atoms with van der Waals surface area (Å²) in [5.41, 5.74) is -0.00393. The largest absolute Gasteiger partial charge is 0.320 e. The first-order valence-electron chi connectivity index (χ1n) is 6.01. The van der Waals surface area contributed by atoms with E-state index in [9.17, 15) is 14.9 Å². The number of benzene rings is 1. The Morgan fingerprint density at radius 3 is 3.00 bits per heavy atom. The Balaban J connectivity index is 2.05. The maximum Gasteiger partial charge on any atom is 0.294 e. The predicted octanol–water partition coefficient (Wildman–Crippen LogP) is 2.19. The zero-order valence-corrected chi connectivity index (χ0v) is 10.9. The number of nitrogens with one attached hydrogen (secondary N) is 2. The number of rotatable bonds is 4. The van der Waals surface area contributed by atoms with E-state index in [0.29, 0.717) is 12.3 Å². The van der Waals surface area contributed by atoms with Crippen LogP contribution in [0.2, 0.25) is 5.02 Å². The van der Waals surface area contributed by atoms with E-state index in [0.717, 1.165) is 19.5 Å². The van der Waals surface area contributed by atoms with Crippen LogP contribution in [0.1, 0.15) is 12.8 Å². The molecule has 1 aliphatic heterocycles. The molecule has 102 valence electrons. The van der Waals surface area contributed by atoms with E-state index in [4.69, 9.17) is 11.6 Å². The molecule has 0 radical (unpaired) electrons. The molecule has 2 rings (SSSR count). The fraction of sp³-hybridized carbons (Fsp3) is 0.417. The van der Waals surface area contributed by atoms with Gasteiger partial charge >= 0.3 is 0 Å². The summed E-state index contributed by atoms with van der Waals surface area (Å²) >= 11 is 5.71. The molecule has 1 fully saturated rings. The number of nitro benzene ring substituents is 1. The van der Waals surface area contributed by atoms with Crippen LogP contribution in [0.3, 0.4) is 0 Å². The van der Waals surface area contributed by atoms with Crippen molar-refractivity contribution < 1.29 is 9.72 Å². The Bertz CT molecular complexity index is 501. The monoisotopic (exact) mass is 283 g/mol. The van der Waals surface area contributed by atoms with Crippen LogP contribution in [0.25, 0.3) is 0 Å². The maximum atomic E-state index is 11.8. The summed E-state index contributed by atoms with van der Waals surface area (Å²) in [6, 6.07) is 4.20. The molecular formula is C12H14ClN3O3. The average Bonchev–Trinajstić information content (AvgIpc) is 2.83. The molecule has 0 bridgehead atoms. The van der Waals surface area contributed by atoms with Crippen LogP contribution >= 0.6 is 11.6 Å². The Hall–Kier alpha value is -1.66. The van der Waals surface area contributed by atoms with Crippen molar-refractivity contribution in [2.75, 3.05) is 18.4 Å². The lowest BCUT2D eigenvalue weighted by molar-refractivity contribution is -0.383. The van der Waals surface area contributed by atoms with Gasteiger partial charge in [0.2, 0.25) is 5.91 Å². The van der Waals surface area contributed by atoms with Crippen molar-refractivity contribution in [1.82, 2.24) is 5.32 Å². The van der Waals surface area contributed by atoms with Crippen molar-refractivity contribution in [3.05, 3.63) is 33.3 Å². The van der Waals surface area contributed by atoms with Crippen molar-refractivity contribution in [2.45, 2.75) is 12.8 Å². The molecule has 19 heavy (non-hydrogen) atoms. The molecule has 1 unspecified atom stereocenters. The van der Waals surface area contributed by atoms with Gasteiger partial charge in [-0.15, -0.1) is 0 Å². The Morgan fingerprint density at radius 2 is 2.37 bits per heavy atom. The molecule has 1 saturated heterocycles. The molecule has 1 aromatic carbocycles. The molecule has 1 aromatic rings. The predicted molar refractivity (Wildman–Crippen MR) is 72.3 cm³/mol. The van der Waals surface area contributed by atoms with Crippen molar-refractivity contribution in [3.8, 4) is 0 Å². The second-order valence-electron chi connectivity index (χ2n) is 4.53. The van der Waals surface area contributed by atoms with E-state index in [2.05, 4.69) is 10.6 Å². The average molecular weight is 284 g/mol. The van der Waals surface area contributed by atoms with Crippen LogP contribution in [0.5, 0.6) is 0 Å². The SMILES string of the molecule is O=C(CC1CCNC1)Nc1ccc(Cl)cc1[N+](=O)[O-]. The van der Waals surface area contributed by atoms with Crippen LogP contribution in [0.4, 0.5) is 11.4 Å².